The summed E-state index contributed by atoms with van der Waals surface area (Å²) in [6, 6.07) is 1.81. The molecule has 3 aromatic rings. The van der Waals surface area contributed by atoms with E-state index in [1.807, 2.05) is 9.95 Å². The molecule has 0 unspecified atom stereocenters. The molecule has 0 saturated carbocycles. The highest BCUT2D eigenvalue weighted by Crippen LogP contribution is 2.15. The minimum atomic E-state index is -0.179. The first-order valence-corrected chi connectivity index (χ1v) is 8.98. The molecule has 9 heteroatoms. The van der Waals surface area contributed by atoms with Crippen LogP contribution in [0.1, 0.15) is 22.1 Å². The van der Waals surface area contributed by atoms with Crippen molar-refractivity contribution in [1.29, 1.82) is 0 Å². The van der Waals surface area contributed by atoms with Gasteiger partial charge in [0.25, 0.3) is 11.5 Å². The number of thiophene rings is 1. The molecule has 1 aliphatic heterocycles. The number of nitrogens with zero attached hydrogens (tertiary/aromatic N) is 4. The second-order valence-electron chi connectivity index (χ2n) is 6.04. The zero-order chi connectivity index (χ0) is 17.4. The van der Waals surface area contributed by atoms with E-state index in [2.05, 4.69) is 20.3 Å². The smallest absolute Gasteiger partial charge is 0.274 e. The van der Waals surface area contributed by atoms with Crippen molar-refractivity contribution < 1.29 is 4.79 Å². The van der Waals surface area contributed by atoms with E-state index in [4.69, 9.17) is 0 Å². The number of hydrogen-bond donors (Lipinski definition) is 2. The van der Waals surface area contributed by atoms with Gasteiger partial charge in [0.05, 0.1) is 12.1 Å². The lowest BCUT2D eigenvalue weighted by molar-refractivity contribution is 0.0776. The molecule has 0 bridgehead atoms. The summed E-state index contributed by atoms with van der Waals surface area (Å²) in [6.07, 6.45) is 2.61. The fourth-order valence-corrected chi connectivity index (χ4v) is 3.69. The van der Waals surface area contributed by atoms with Crippen LogP contribution in [0.25, 0.3) is 10.2 Å². The normalized spacial score (nSPS) is 14.3. The Morgan fingerprint density at radius 3 is 3.16 bits per heavy atom. The van der Waals surface area contributed by atoms with Gasteiger partial charge in [-0.25, -0.2) is 9.97 Å². The van der Waals surface area contributed by atoms with Gasteiger partial charge in [-0.1, -0.05) is 0 Å². The molecule has 2 N–H and O–H groups in total. The summed E-state index contributed by atoms with van der Waals surface area (Å²) in [5, 5.41) is 5.14. The number of rotatable bonds is 3. The number of aromatic amines is 1. The van der Waals surface area contributed by atoms with Crippen LogP contribution in [-0.2, 0) is 19.5 Å². The molecule has 3 aromatic heterocycles. The summed E-state index contributed by atoms with van der Waals surface area (Å²) >= 11 is 1.36. The van der Waals surface area contributed by atoms with Crippen molar-refractivity contribution in [2.45, 2.75) is 19.5 Å². The van der Waals surface area contributed by atoms with E-state index in [-0.39, 0.29) is 18.0 Å². The molecule has 1 amide bonds. The Morgan fingerprint density at radius 1 is 1.40 bits per heavy atom. The Hall–Kier alpha value is -2.52. The summed E-state index contributed by atoms with van der Waals surface area (Å²) < 4.78 is 2.63. The predicted molar refractivity (Wildman–Crippen MR) is 94.8 cm³/mol. The van der Waals surface area contributed by atoms with Crippen LogP contribution in [0.4, 0.5) is 0 Å². The number of H-pyrrole nitrogens is 1. The molecular formula is C16H18N6O2S. The lowest BCUT2D eigenvalue weighted by Gasteiger charge is -2.15. The predicted octanol–water partition coefficient (Wildman–Crippen LogP) is 0.599. The highest BCUT2D eigenvalue weighted by atomic mass is 32.1. The van der Waals surface area contributed by atoms with Crippen LogP contribution < -0.4 is 10.9 Å². The monoisotopic (exact) mass is 358 g/mol. The van der Waals surface area contributed by atoms with Gasteiger partial charge in [-0.05, 0) is 11.4 Å². The van der Waals surface area contributed by atoms with Crippen molar-refractivity contribution in [3.8, 4) is 0 Å². The number of carbonyl (C=O) groups excluding carboxylic acids is 1. The van der Waals surface area contributed by atoms with E-state index in [0.29, 0.717) is 21.7 Å². The minimum Gasteiger partial charge on any atom is -0.333 e. The summed E-state index contributed by atoms with van der Waals surface area (Å²) in [6.45, 7) is 2.78. The summed E-state index contributed by atoms with van der Waals surface area (Å²) in [5.74, 6) is 1.21. The molecule has 0 saturated heterocycles. The first-order chi connectivity index (χ1) is 12.1. The van der Waals surface area contributed by atoms with Gasteiger partial charge < -0.3 is 19.8 Å². The molecule has 4 rings (SSSR count). The fourth-order valence-electron chi connectivity index (χ4n) is 2.96. The summed E-state index contributed by atoms with van der Waals surface area (Å²) in [5.41, 5.74) is 0.918. The van der Waals surface area contributed by atoms with Gasteiger partial charge in [0.1, 0.15) is 22.0 Å². The first-order valence-electron chi connectivity index (χ1n) is 8.10. The molecule has 8 nitrogen and oxygen atoms in total. The van der Waals surface area contributed by atoms with Gasteiger partial charge in [0.15, 0.2) is 0 Å². The average Bonchev–Trinajstić information content (AvgIpc) is 3.16. The van der Waals surface area contributed by atoms with E-state index >= 15 is 0 Å². The third-order valence-electron chi connectivity index (χ3n) is 4.23. The largest absolute Gasteiger partial charge is 0.333 e. The van der Waals surface area contributed by atoms with Gasteiger partial charge in [0, 0.05) is 39.3 Å². The highest BCUT2D eigenvalue weighted by molar-refractivity contribution is 7.17. The fraction of sp³-hybridized carbons (Fsp3) is 0.375. The van der Waals surface area contributed by atoms with E-state index < -0.39 is 0 Å². The quantitative estimate of drug-likeness (QED) is 0.715. The molecule has 0 spiro atoms. The van der Waals surface area contributed by atoms with Gasteiger partial charge in [-0.3, -0.25) is 9.59 Å². The molecule has 0 aliphatic carbocycles. The first kappa shape index (κ1) is 16.0. The van der Waals surface area contributed by atoms with Gasteiger partial charge in [0.2, 0.25) is 0 Å². The van der Waals surface area contributed by atoms with Crippen LogP contribution in [0.3, 0.4) is 0 Å². The van der Waals surface area contributed by atoms with Crippen LogP contribution in [-0.4, -0.2) is 50.5 Å². The molecular weight excluding hydrogens is 340 g/mol. The van der Waals surface area contributed by atoms with Crippen molar-refractivity contribution in [1.82, 2.24) is 29.7 Å². The van der Waals surface area contributed by atoms with Crippen molar-refractivity contribution >= 4 is 27.5 Å². The SMILES string of the molecule is CN(Cc1nc2ccsc2c(=O)[nH]1)C(=O)c1cn2c(n1)CCNCC2. The number of imidazole rings is 1. The number of aromatic nitrogens is 4. The number of fused-ring (bicyclic) bond motifs is 2. The Morgan fingerprint density at radius 2 is 2.28 bits per heavy atom. The van der Waals surface area contributed by atoms with Gasteiger partial charge in [-0.15, -0.1) is 11.3 Å². The number of amides is 1. The highest BCUT2D eigenvalue weighted by Gasteiger charge is 2.20. The number of nitrogens with one attached hydrogen (secondary N) is 2. The zero-order valence-corrected chi connectivity index (χ0v) is 14.6. The lowest BCUT2D eigenvalue weighted by Crippen LogP contribution is -2.28. The van der Waals surface area contributed by atoms with E-state index in [0.717, 1.165) is 31.9 Å². The summed E-state index contributed by atoms with van der Waals surface area (Å²) in [7, 11) is 1.69. The molecule has 130 valence electrons. The van der Waals surface area contributed by atoms with Gasteiger partial charge in [-0.2, -0.15) is 0 Å². The number of carbonyl (C=O) groups is 1. The van der Waals surface area contributed by atoms with Crippen LogP contribution in [0.15, 0.2) is 22.4 Å². The third kappa shape index (κ3) is 3.08. The molecule has 4 heterocycles. The Bertz CT molecular complexity index is 965. The zero-order valence-electron chi connectivity index (χ0n) is 13.8. The molecule has 25 heavy (non-hydrogen) atoms. The van der Waals surface area contributed by atoms with Crippen molar-refractivity contribution in [3.05, 3.63) is 45.3 Å². The molecule has 1 aliphatic rings. The molecule has 0 radical (unpaired) electrons. The number of hydrogen-bond acceptors (Lipinski definition) is 6. The van der Waals surface area contributed by atoms with Crippen LogP contribution in [0.5, 0.6) is 0 Å². The second kappa shape index (κ2) is 6.41. The molecule has 0 atom stereocenters. The second-order valence-corrected chi connectivity index (χ2v) is 6.96. The van der Waals surface area contributed by atoms with E-state index in [9.17, 15) is 9.59 Å². The lowest BCUT2D eigenvalue weighted by atomic mass is 10.3. The topological polar surface area (TPSA) is 95.9 Å². The maximum atomic E-state index is 12.7. The Balaban J connectivity index is 1.54. The standard InChI is InChI=1S/C16H18N6O2S/c1-21(9-12-18-10-3-7-25-14(10)15(23)20-12)16(24)11-8-22-6-5-17-4-2-13(22)19-11/h3,7-8,17H,2,4-6,9H2,1H3,(H,18,20,23). The summed E-state index contributed by atoms with van der Waals surface area (Å²) in [4.78, 5) is 37.9. The Kier molecular flexibility index (Phi) is 4.10. The average molecular weight is 358 g/mol. The van der Waals surface area contributed by atoms with Crippen molar-refractivity contribution in [2.24, 2.45) is 0 Å². The van der Waals surface area contributed by atoms with Crippen molar-refractivity contribution in [3.63, 3.8) is 0 Å². The third-order valence-corrected chi connectivity index (χ3v) is 5.13. The van der Waals surface area contributed by atoms with Gasteiger partial charge >= 0.3 is 0 Å². The Labute approximate surface area is 147 Å². The maximum Gasteiger partial charge on any atom is 0.274 e. The van der Waals surface area contributed by atoms with Crippen molar-refractivity contribution in [2.75, 3.05) is 20.1 Å². The van der Waals surface area contributed by atoms with Crippen LogP contribution >= 0.6 is 11.3 Å². The van der Waals surface area contributed by atoms with E-state index in [1.165, 1.54) is 16.2 Å². The minimum absolute atomic E-state index is 0.169. The molecule has 0 aromatic carbocycles. The van der Waals surface area contributed by atoms with Crippen LogP contribution in [0, 0.1) is 0 Å². The van der Waals surface area contributed by atoms with Crippen LogP contribution in [0.2, 0.25) is 0 Å². The van der Waals surface area contributed by atoms with E-state index in [1.54, 1.807) is 19.3 Å². The maximum absolute atomic E-state index is 12.7. The molecule has 0 fully saturated rings.